The standard InChI is InChI=1S/C15H21N3O4S/c1-15(2,3)22-14(19)17-8-4-5-12(10-17)23-13-7-6-11(9-16-13)18(20)21/h6-7,9,12H,4-5,8,10H2,1-3H3/t12-/m1/s1. The number of nitro groups is 1. The van der Waals surface area contributed by atoms with Gasteiger partial charge in [-0.1, -0.05) is 0 Å². The second-order valence-electron chi connectivity index (χ2n) is 6.42. The molecule has 23 heavy (non-hydrogen) atoms. The average molecular weight is 339 g/mol. The summed E-state index contributed by atoms with van der Waals surface area (Å²) in [6.07, 6.45) is 2.85. The quantitative estimate of drug-likeness (QED) is 0.619. The van der Waals surface area contributed by atoms with Crippen LogP contribution in [0.5, 0.6) is 0 Å². The molecule has 126 valence electrons. The maximum Gasteiger partial charge on any atom is 0.410 e. The number of rotatable bonds is 3. The lowest BCUT2D eigenvalue weighted by atomic mass is 10.1. The van der Waals surface area contributed by atoms with Crippen LogP contribution in [0.2, 0.25) is 0 Å². The van der Waals surface area contributed by atoms with E-state index in [9.17, 15) is 14.9 Å². The molecule has 7 nitrogen and oxygen atoms in total. The number of ether oxygens (including phenoxy) is 1. The molecule has 0 aliphatic carbocycles. The van der Waals surface area contributed by atoms with Gasteiger partial charge in [-0.15, -0.1) is 11.8 Å². The molecule has 1 atom stereocenters. The normalized spacial score (nSPS) is 18.6. The molecule has 1 fully saturated rings. The highest BCUT2D eigenvalue weighted by atomic mass is 32.2. The summed E-state index contributed by atoms with van der Waals surface area (Å²) in [7, 11) is 0. The second-order valence-corrected chi connectivity index (χ2v) is 7.74. The van der Waals surface area contributed by atoms with Crippen LogP contribution < -0.4 is 0 Å². The second kappa shape index (κ2) is 7.16. The predicted molar refractivity (Wildman–Crippen MR) is 87.6 cm³/mol. The van der Waals surface area contributed by atoms with Gasteiger partial charge < -0.3 is 9.64 Å². The van der Waals surface area contributed by atoms with Crippen LogP contribution >= 0.6 is 11.8 Å². The number of carbonyl (C=O) groups excluding carboxylic acids is 1. The Morgan fingerprint density at radius 3 is 2.78 bits per heavy atom. The third kappa shape index (κ3) is 5.38. The lowest BCUT2D eigenvalue weighted by molar-refractivity contribution is -0.385. The van der Waals surface area contributed by atoms with Crippen molar-refractivity contribution in [2.45, 2.75) is 49.5 Å². The number of nitrogens with zero attached hydrogens (tertiary/aromatic N) is 3. The summed E-state index contributed by atoms with van der Waals surface area (Å²) in [4.78, 5) is 28.1. The van der Waals surface area contributed by atoms with Crippen molar-refractivity contribution < 1.29 is 14.5 Å². The molecule has 0 radical (unpaired) electrons. The molecular weight excluding hydrogens is 318 g/mol. The Bertz CT molecular complexity index is 571. The molecule has 0 N–H and O–H groups in total. The van der Waals surface area contributed by atoms with Crippen molar-refractivity contribution in [2.24, 2.45) is 0 Å². The molecule has 1 aliphatic heterocycles. The van der Waals surface area contributed by atoms with Gasteiger partial charge in [-0.2, -0.15) is 0 Å². The van der Waals surface area contributed by atoms with Gasteiger partial charge in [0.2, 0.25) is 0 Å². The van der Waals surface area contributed by atoms with Crippen LogP contribution in [0, 0.1) is 10.1 Å². The molecule has 8 heteroatoms. The maximum atomic E-state index is 12.1. The molecule has 0 bridgehead atoms. The van der Waals surface area contributed by atoms with Crippen LogP contribution in [-0.2, 0) is 4.74 Å². The fourth-order valence-electron chi connectivity index (χ4n) is 2.25. The van der Waals surface area contributed by atoms with E-state index in [4.69, 9.17) is 4.74 Å². The van der Waals surface area contributed by atoms with Crippen molar-refractivity contribution in [3.63, 3.8) is 0 Å². The monoisotopic (exact) mass is 339 g/mol. The molecule has 2 rings (SSSR count). The highest BCUT2D eigenvalue weighted by molar-refractivity contribution is 7.99. The van der Waals surface area contributed by atoms with Crippen molar-refractivity contribution in [3.05, 3.63) is 28.4 Å². The summed E-state index contributed by atoms with van der Waals surface area (Å²) < 4.78 is 5.40. The highest BCUT2D eigenvalue weighted by Crippen LogP contribution is 2.29. The third-order valence-corrected chi connectivity index (χ3v) is 4.45. The molecule has 1 saturated heterocycles. The van der Waals surface area contributed by atoms with E-state index in [2.05, 4.69) is 4.98 Å². The summed E-state index contributed by atoms with van der Waals surface area (Å²) in [6.45, 7) is 6.84. The first-order valence-corrected chi connectivity index (χ1v) is 8.37. The number of hydrogen-bond donors (Lipinski definition) is 0. The highest BCUT2D eigenvalue weighted by Gasteiger charge is 2.28. The van der Waals surface area contributed by atoms with Crippen LogP contribution in [0.1, 0.15) is 33.6 Å². The number of pyridine rings is 1. The van der Waals surface area contributed by atoms with Crippen molar-refractivity contribution in [1.29, 1.82) is 0 Å². The Morgan fingerprint density at radius 1 is 1.48 bits per heavy atom. The van der Waals surface area contributed by atoms with Gasteiger partial charge in [0.25, 0.3) is 5.69 Å². The van der Waals surface area contributed by atoms with E-state index >= 15 is 0 Å². The molecule has 1 aromatic heterocycles. The van der Waals surface area contributed by atoms with E-state index < -0.39 is 10.5 Å². The van der Waals surface area contributed by atoms with E-state index in [1.807, 2.05) is 20.8 Å². The van der Waals surface area contributed by atoms with Gasteiger partial charge in [0.15, 0.2) is 0 Å². The Balaban J connectivity index is 1.93. The molecule has 1 amide bonds. The van der Waals surface area contributed by atoms with Gasteiger partial charge in [0.05, 0.1) is 9.95 Å². The first-order valence-electron chi connectivity index (χ1n) is 7.49. The van der Waals surface area contributed by atoms with Crippen LogP contribution in [-0.4, -0.2) is 44.8 Å². The topological polar surface area (TPSA) is 85.6 Å². The van der Waals surface area contributed by atoms with Gasteiger partial charge >= 0.3 is 6.09 Å². The smallest absolute Gasteiger partial charge is 0.410 e. The van der Waals surface area contributed by atoms with Crippen LogP contribution in [0.25, 0.3) is 0 Å². The number of thioether (sulfide) groups is 1. The SMILES string of the molecule is CC(C)(C)OC(=O)N1CCC[C@@H](Sc2ccc([N+](=O)[O-])cn2)C1. The van der Waals surface area contributed by atoms with E-state index in [0.29, 0.717) is 13.1 Å². The molecule has 0 saturated carbocycles. The molecule has 0 spiro atoms. The maximum absolute atomic E-state index is 12.1. The zero-order valence-electron chi connectivity index (χ0n) is 13.5. The Kier molecular flexibility index (Phi) is 5.46. The molecular formula is C15H21N3O4S. The van der Waals surface area contributed by atoms with Crippen molar-refractivity contribution in [2.75, 3.05) is 13.1 Å². The van der Waals surface area contributed by atoms with Crippen LogP contribution in [0.4, 0.5) is 10.5 Å². The zero-order valence-corrected chi connectivity index (χ0v) is 14.3. The molecule has 2 heterocycles. The third-order valence-electron chi connectivity index (χ3n) is 3.25. The van der Waals surface area contributed by atoms with Crippen molar-refractivity contribution >= 4 is 23.5 Å². The van der Waals surface area contributed by atoms with E-state index in [0.717, 1.165) is 17.9 Å². The predicted octanol–water partition coefficient (Wildman–Crippen LogP) is 3.48. The first-order chi connectivity index (χ1) is 10.7. The number of amides is 1. The Morgan fingerprint density at radius 2 is 2.22 bits per heavy atom. The average Bonchev–Trinajstić information content (AvgIpc) is 2.46. The van der Waals surface area contributed by atoms with Gasteiger partial charge in [-0.05, 0) is 39.7 Å². The van der Waals surface area contributed by atoms with Crippen LogP contribution in [0.3, 0.4) is 0 Å². The fraction of sp³-hybridized carbons (Fsp3) is 0.600. The zero-order chi connectivity index (χ0) is 17.0. The summed E-state index contributed by atoms with van der Waals surface area (Å²) in [5.74, 6) is 0. The minimum Gasteiger partial charge on any atom is -0.444 e. The number of carbonyl (C=O) groups is 1. The molecule has 1 aliphatic rings. The first kappa shape index (κ1) is 17.5. The lowest BCUT2D eigenvalue weighted by Crippen LogP contribution is -2.43. The van der Waals surface area contributed by atoms with E-state index in [1.165, 1.54) is 12.3 Å². The van der Waals surface area contributed by atoms with Gasteiger partial charge in [0.1, 0.15) is 11.8 Å². The number of piperidine rings is 1. The lowest BCUT2D eigenvalue weighted by Gasteiger charge is -2.33. The number of hydrogen-bond acceptors (Lipinski definition) is 6. The van der Waals surface area contributed by atoms with Crippen molar-refractivity contribution in [1.82, 2.24) is 9.88 Å². The molecule has 0 aromatic carbocycles. The van der Waals surface area contributed by atoms with E-state index in [-0.39, 0.29) is 17.0 Å². The summed E-state index contributed by atoms with van der Waals surface area (Å²) in [5, 5.41) is 11.6. The summed E-state index contributed by atoms with van der Waals surface area (Å²) in [6, 6.07) is 3.10. The van der Waals surface area contributed by atoms with Crippen LogP contribution in [0.15, 0.2) is 23.4 Å². The van der Waals surface area contributed by atoms with Gasteiger partial charge in [-0.3, -0.25) is 10.1 Å². The fourth-order valence-corrected chi connectivity index (χ4v) is 3.39. The Labute approximate surface area is 139 Å². The number of aromatic nitrogens is 1. The Hall–Kier alpha value is -1.83. The molecule has 1 aromatic rings. The van der Waals surface area contributed by atoms with Gasteiger partial charge in [-0.25, -0.2) is 9.78 Å². The minimum atomic E-state index is -0.503. The van der Waals surface area contributed by atoms with Gasteiger partial charge in [0, 0.05) is 24.4 Å². The van der Waals surface area contributed by atoms with Crippen molar-refractivity contribution in [3.8, 4) is 0 Å². The summed E-state index contributed by atoms with van der Waals surface area (Å²) >= 11 is 1.54. The summed E-state index contributed by atoms with van der Waals surface area (Å²) in [5.41, 5.74) is -0.523. The van der Waals surface area contributed by atoms with E-state index in [1.54, 1.807) is 22.7 Å². The minimum absolute atomic E-state index is 0.0200. The molecule has 0 unspecified atom stereocenters. The number of likely N-dealkylation sites (tertiary alicyclic amines) is 1. The largest absolute Gasteiger partial charge is 0.444 e.